The molecule has 0 radical (unpaired) electrons. The SMILES string of the molecule is Cn1c(N=Nc2ccc(N3CCCCC3)cc2)nc2ccccc21. The van der Waals surface area contributed by atoms with E-state index in [2.05, 4.69) is 32.2 Å². The Kier molecular flexibility index (Phi) is 3.99. The van der Waals surface area contributed by atoms with E-state index in [1.807, 2.05) is 48.0 Å². The molecule has 5 heteroatoms. The Bertz CT molecular complexity index is 857. The van der Waals surface area contributed by atoms with Crippen LogP contribution >= 0.6 is 0 Å². The summed E-state index contributed by atoms with van der Waals surface area (Å²) in [6.45, 7) is 2.31. The molecule has 3 aromatic rings. The van der Waals surface area contributed by atoms with Gasteiger partial charge in [0, 0.05) is 25.8 Å². The number of imidazole rings is 1. The highest BCUT2D eigenvalue weighted by molar-refractivity contribution is 5.77. The molecule has 2 aromatic carbocycles. The molecule has 0 spiro atoms. The lowest BCUT2D eigenvalue weighted by Crippen LogP contribution is -2.29. The number of azo groups is 1. The van der Waals surface area contributed by atoms with Gasteiger partial charge in [-0.3, -0.25) is 0 Å². The third-order valence-electron chi connectivity index (χ3n) is 4.59. The van der Waals surface area contributed by atoms with Crippen LogP contribution in [-0.2, 0) is 7.05 Å². The van der Waals surface area contributed by atoms with E-state index in [0.717, 1.165) is 29.8 Å². The van der Waals surface area contributed by atoms with Gasteiger partial charge in [-0.2, -0.15) is 0 Å². The van der Waals surface area contributed by atoms with E-state index in [0.29, 0.717) is 5.95 Å². The molecule has 1 aliphatic rings. The van der Waals surface area contributed by atoms with Crippen molar-refractivity contribution in [1.29, 1.82) is 0 Å². The molecule has 1 aromatic heterocycles. The Balaban J connectivity index is 1.53. The van der Waals surface area contributed by atoms with Crippen LogP contribution in [0.1, 0.15) is 19.3 Å². The van der Waals surface area contributed by atoms with Crippen molar-refractivity contribution in [3.8, 4) is 0 Å². The van der Waals surface area contributed by atoms with Gasteiger partial charge in [-0.25, -0.2) is 4.98 Å². The van der Waals surface area contributed by atoms with Crippen molar-refractivity contribution in [3.05, 3.63) is 48.5 Å². The van der Waals surface area contributed by atoms with Crippen molar-refractivity contribution in [1.82, 2.24) is 9.55 Å². The topological polar surface area (TPSA) is 45.8 Å². The molecule has 0 unspecified atom stereocenters. The van der Waals surface area contributed by atoms with Gasteiger partial charge in [-0.05, 0) is 55.7 Å². The highest BCUT2D eigenvalue weighted by Crippen LogP contribution is 2.25. The van der Waals surface area contributed by atoms with Crippen molar-refractivity contribution in [2.45, 2.75) is 19.3 Å². The third-order valence-corrected chi connectivity index (χ3v) is 4.59. The molecular weight excluding hydrogens is 298 g/mol. The Labute approximate surface area is 141 Å². The lowest BCUT2D eigenvalue weighted by atomic mass is 10.1. The van der Waals surface area contributed by atoms with Crippen LogP contribution in [0, 0.1) is 0 Å². The number of hydrogen-bond acceptors (Lipinski definition) is 4. The number of piperidine rings is 1. The van der Waals surface area contributed by atoms with Crippen LogP contribution < -0.4 is 4.90 Å². The second kappa shape index (κ2) is 6.43. The molecule has 0 aliphatic carbocycles. The summed E-state index contributed by atoms with van der Waals surface area (Å²) >= 11 is 0. The van der Waals surface area contributed by atoms with Gasteiger partial charge in [-0.15, -0.1) is 10.2 Å². The fourth-order valence-electron chi connectivity index (χ4n) is 3.21. The molecule has 1 aliphatic heterocycles. The molecule has 0 N–H and O–H groups in total. The predicted octanol–water partition coefficient (Wildman–Crippen LogP) is 4.98. The molecule has 1 saturated heterocycles. The molecule has 0 bridgehead atoms. The molecule has 0 atom stereocenters. The van der Waals surface area contributed by atoms with Crippen LogP contribution in [0.15, 0.2) is 58.8 Å². The standard InChI is InChI=1S/C19H21N5/c1-23-18-8-4-3-7-17(18)20-19(23)22-21-15-9-11-16(12-10-15)24-13-5-2-6-14-24/h3-4,7-12H,2,5-6,13-14H2,1H3. The summed E-state index contributed by atoms with van der Waals surface area (Å²) in [7, 11) is 1.96. The fourth-order valence-corrected chi connectivity index (χ4v) is 3.21. The van der Waals surface area contributed by atoms with E-state index >= 15 is 0 Å². The maximum atomic E-state index is 4.51. The number of rotatable bonds is 3. The van der Waals surface area contributed by atoms with E-state index in [-0.39, 0.29) is 0 Å². The Morgan fingerprint density at radius 2 is 1.62 bits per heavy atom. The van der Waals surface area contributed by atoms with Gasteiger partial charge in [0.05, 0.1) is 16.7 Å². The lowest BCUT2D eigenvalue weighted by molar-refractivity contribution is 0.578. The van der Waals surface area contributed by atoms with Crippen molar-refractivity contribution in [2.24, 2.45) is 17.3 Å². The van der Waals surface area contributed by atoms with Gasteiger partial charge in [0.15, 0.2) is 0 Å². The molecule has 24 heavy (non-hydrogen) atoms. The molecule has 2 heterocycles. The maximum Gasteiger partial charge on any atom is 0.250 e. The molecule has 4 rings (SSSR count). The van der Waals surface area contributed by atoms with Gasteiger partial charge in [0.2, 0.25) is 5.95 Å². The summed E-state index contributed by atoms with van der Waals surface area (Å²) < 4.78 is 1.96. The molecular formula is C19H21N5. The second-order valence-corrected chi connectivity index (χ2v) is 6.22. The number of nitrogens with zero attached hydrogens (tertiary/aromatic N) is 5. The third kappa shape index (κ3) is 2.89. The zero-order chi connectivity index (χ0) is 16.4. The van der Waals surface area contributed by atoms with E-state index in [1.165, 1.54) is 24.9 Å². The first-order chi connectivity index (χ1) is 11.8. The number of anilines is 1. The van der Waals surface area contributed by atoms with Gasteiger partial charge in [0.1, 0.15) is 0 Å². The number of fused-ring (bicyclic) bond motifs is 1. The number of aromatic nitrogens is 2. The monoisotopic (exact) mass is 319 g/mol. The Hall–Kier alpha value is -2.69. The molecule has 122 valence electrons. The van der Waals surface area contributed by atoms with E-state index < -0.39 is 0 Å². The number of para-hydroxylation sites is 2. The summed E-state index contributed by atoms with van der Waals surface area (Å²) in [4.78, 5) is 6.95. The summed E-state index contributed by atoms with van der Waals surface area (Å²) in [6, 6.07) is 16.3. The quantitative estimate of drug-likeness (QED) is 0.639. The van der Waals surface area contributed by atoms with Crippen LogP contribution in [0.3, 0.4) is 0 Å². The smallest absolute Gasteiger partial charge is 0.250 e. The number of benzene rings is 2. The normalized spacial score (nSPS) is 15.5. The maximum absolute atomic E-state index is 4.51. The van der Waals surface area contributed by atoms with Crippen molar-refractivity contribution < 1.29 is 0 Å². The Morgan fingerprint density at radius 1 is 0.875 bits per heavy atom. The van der Waals surface area contributed by atoms with E-state index in [4.69, 9.17) is 0 Å². The van der Waals surface area contributed by atoms with Crippen molar-refractivity contribution in [3.63, 3.8) is 0 Å². The van der Waals surface area contributed by atoms with Crippen LogP contribution in [0.5, 0.6) is 0 Å². The van der Waals surface area contributed by atoms with Crippen molar-refractivity contribution >= 4 is 28.4 Å². The van der Waals surface area contributed by atoms with E-state index in [1.54, 1.807) is 0 Å². The molecule has 0 amide bonds. The first-order valence-electron chi connectivity index (χ1n) is 8.49. The minimum Gasteiger partial charge on any atom is -0.372 e. The minimum atomic E-state index is 0.622. The first kappa shape index (κ1) is 14.9. The summed E-state index contributed by atoms with van der Waals surface area (Å²) in [5.41, 5.74) is 4.13. The van der Waals surface area contributed by atoms with Crippen LogP contribution in [0.2, 0.25) is 0 Å². The zero-order valence-corrected chi connectivity index (χ0v) is 13.9. The molecule has 1 fully saturated rings. The highest BCUT2D eigenvalue weighted by Gasteiger charge is 2.10. The lowest BCUT2D eigenvalue weighted by Gasteiger charge is -2.28. The molecule has 0 saturated carbocycles. The largest absolute Gasteiger partial charge is 0.372 e. The molecule has 5 nitrogen and oxygen atoms in total. The van der Waals surface area contributed by atoms with Crippen molar-refractivity contribution in [2.75, 3.05) is 18.0 Å². The average molecular weight is 319 g/mol. The fraction of sp³-hybridized carbons (Fsp3) is 0.316. The summed E-state index contributed by atoms with van der Waals surface area (Å²) in [5, 5.41) is 8.66. The van der Waals surface area contributed by atoms with Gasteiger partial charge < -0.3 is 9.47 Å². The summed E-state index contributed by atoms with van der Waals surface area (Å²) in [6.07, 6.45) is 3.92. The van der Waals surface area contributed by atoms with Gasteiger partial charge in [0.25, 0.3) is 0 Å². The van der Waals surface area contributed by atoms with Crippen LogP contribution in [0.25, 0.3) is 11.0 Å². The minimum absolute atomic E-state index is 0.622. The number of aryl methyl sites for hydroxylation is 1. The number of hydrogen-bond donors (Lipinski definition) is 0. The van der Waals surface area contributed by atoms with Gasteiger partial charge >= 0.3 is 0 Å². The van der Waals surface area contributed by atoms with Crippen LogP contribution in [-0.4, -0.2) is 22.6 Å². The van der Waals surface area contributed by atoms with Crippen LogP contribution in [0.4, 0.5) is 17.3 Å². The Morgan fingerprint density at radius 3 is 2.38 bits per heavy atom. The predicted molar refractivity (Wildman–Crippen MR) is 97.4 cm³/mol. The first-order valence-corrected chi connectivity index (χ1v) is 8.49. The second-order valence-electron chi connectivity index (χ2n) is 6.22. The van der Waals surface area contributed by atoms with E-state index in [9.17, 15) is 0 Å². The average Bonchev–Trinajstić information content (AvgIpc) is 2.97. The highest BCUT2D eigenvalue weighted by atomic mass is 15.3. The summed E-state index contributed by atoms with van der Waals surface area (Å²) in [5.74, 6) is 0.622. The zero-order valence-electron chi connectivity index (χ0n) is 13.9. The van der Waals surface area contributed by atoms with Gasteiger partial charge in [-0.1, -0.05) is 12.1 Å².